The van der Waals surface area contributed by atoms with Crippen molar-refractivity contribution in [2.75, 3.05) is 5.32 Å². The first kappa shape index (κ1) is 13.9. The summed E-state index contributed by atoms with van der Waals surface area (Å²) in [6.45, 7) is 0. The highest BCUT2D eigenvalue weighted by atomic mass is 19.1. The molecule has 0 aliphatic carbocycles. The van der Waals surface area contributed by atoms with Gasteiger partial charge >= 0.3 is 5.63 Å². The zero-order chi connectivity index (χ0) is 15.7. The fraction of sp³-hybridized carbons (Fsp3) is 0. The number of anilines is 1. The first-order valence-corrected chi connectivity index (χ1v) is 6.33. The minimum absolute atomic E-state index is 0.0823. The van der Waals surface area contributed by atoms with Crippen molar-refractivity contribution in [2.24, 2.45) is 0 Å². The third-order valence-corrected chi connectivity index (χ3v) is 3.14. The van der Waals surface area contributed by atoms with Gasteiger partial charge in [0, 0.05) is 11.5 Å². The average molecular weight is 301 g/mol. The molecule has 2 aromatic carbocycles. The number of carbonyl (C=O) groups is 1. The van der Waals surface area contributed by atoms with E-state index < -0.39 is 23.2 Å². The van der Waals surface area contributed by atoms with Crippen molar-refractivity contribution in [3.63, 3.8) is 0 Å². The van der Waals surface area contributed by atoms with E-state index in [9.17, 15) is 18.4 Å². The number of benzene rings is 2. The highest BCUT2D eigenvalue weighted by Crippen LogP contribution is 2.19. The van der Waals surface area contributed by atoms with Crippen molar-refractivity contribution in [1.82, 2.24) is 0 Å². The first-order valence-electron chi connectivity index (χ1n) is 6.33. The van der Waals surface area contributed by atoms with Crippen LogP contribution in [0.5, 0.6) is 0 Å². The molecule has 0 aliphatic heterocycles. The fourth-order valence-corrected chi connectivity index (χ4v) is 2.09. The maximum Gasteiger partial charge on any atom is 0.343 e. The minimum atomic E-state index is -0.893. The van der Waals surface area contributed by atoms with E-state index in [-0.39, 0.29) is 16.6 Å². The Hall–Kier alpha value is -3.02. The Morgan fingerprint density at radius 2 is 1.77 bits per heavy atom. The molecule has 0 bridgehead atoms. The summed E-state index contributed by atoms with van der Waals surface area (Å²) in [5, 5.41) is 2.96. The zero-order valence-electron chi connectivity index (χ0n) is 11.1. The summed E-state index contributed by atoms with van der Waals surface area (Å²) in [7, 11) is 0. The minimum Gasteiger partial charge on any atom is -0.430 e. The molecule has 0 aliphatic rings. The van der Waals surface area contributed by atoms with Crippen LogP contribution < -0.4 is 10.9 Å². The highest BCUT2D eigenvalue weighted by molar-refractivity contribution is 6.12. The van der Waals surface area contributed by atoms with Crippen molar-refractivity contribution in [3.8, 4) is 0 Å². The predicted molar refractivity (Wildman–Crippen MR) is 76.8 cm³/mol. The van der Waals surface area contributed by atoms with Gasteiger partial charge in [-0.2, -0.15) is 0 Å². The molecule has 1 heterocycles. The molecule has 110 valence electrons. The fourth-order valence-electron chi connectivity index (χ4n) is 2.09. The molecule has 0 fully saturated rings. The lowest BCUT2D eigenvalue weighted by atomic mass is 10.1. The molecule has 22 heavy (non-hydrogen) atoms. The van der Waals surface area contributed by atoms with Gasteiger partial charge in [-0.1, -0.05) is 18.2 Å². The van der Waals surface area contributed by atoms with Crippen LogP contribution in [-0.4, -0.2) is 5.91 Å². The van der Waals surface area contributed by atoms with Gasteiger partial charge in [0.2, 0.25) is 0 Å². The van der Waals surface area contributed by atoms with Gasteiger partial charge in [-0.15, -0.1) is 0 Å². The summed E-state index contributed by atoms with van der Waals surface area (Å²) in [5.74, 6) is -2.30. The second kappa shape index (κ2) is 5.40. The summed E-state index contributed by atoms with van der Waals surface area (Å²) in [6.07, 6.45) is 1.02. The Kier molecular flexibility index (Phi) is 3.42. The number of carbonyl (C=O) groups excluding carboxylic acids is 1. The second-order valence-corrected chi connectivity index (χ2v) is 4.56. The van der Waals surface area contributed by atoms with E-state index in [0.29, 0.717) is 11.5 Å². The van der Waals surface area contributed by atoms with E-state index in [1.54, 1.807) is 18.2 Å². The molecule has 0 saturated carbocycles. The Balaban J connectivity index is 2.03. The van der Waals surface area contributed by atoms with Crippen LogP contribution in [0.4, 0.5) is 14.5 Å². The number of nitrogens with one attached hydrogen (secondary N) is 1. The molecule has 3 aromatic rings. The normalized spacial score (nSPS) is 10.6. The van der Waals surface area contributed by atoms with Crippen LogP contribution in [0.1, 0.15) is 10.4 Å². The van der Waals surface area contributed by atoms with Crippen LogP contribution in [0, 0.1) is 11.6 Å². The zero-order valence-corrected chi connectivity index (χ0v) is 11.1. The van der Waals surface area contributed by atoms with Gasteiger partial charge < -0.3 is 9.73 Å². The Morgan fingerprint density at radius 1 is 1.05 bits per heavy atom. The lowest BCUT2D eigenvalue weighted by Gasteiger charge is -2.08. The largest absolute Gasteiger partial charge is 0.430 e. The van der Waals surface area contributed by atoms with E-state index in [2.05, 4.69) is 5.32 Å². The molecule has 1 aromatic heterocycles. The topological polar surface area (TPSA) is 59.3 Å². The van der Waals surface area contributed by atoms with Gasteiger partial charge in [0.1, 0.15) is 17.9 Å². The van der Waals surface area contributed by atoms with Crippen LogP contribution in [0.15, 0.2) is 57.9 Å². The molecule has 1 amide bonds. The van der Waals surface area contributed by atoms with Crippen LogP contribution in [0.25, 0.3) is 10.8 Å². The maximum atomic E-state index is 13.6. The van der Waals surface area contributed by atoms with Crippen molar-refractivity contribution in [3.05, 3.63) is 76.3 Å². The van der Waals surface area contributed by atoms with Crippen LogP contribution >= 0.6 is 0 Å². The number of fused-ring (bicyclic) bond motifs is 1. The van der Waals surface area contributed by atoms with Gasteiger partial charge in [-0.25, -0.2) is 13.6 Å². The van der Waals surface area contributed by atoms with Gasteiger partial charge in [-0.05, 0) is 18.2 Å². The number of rotatable bonds is 2. The van der Waals surface area contributed by atoms with E-state index in [0.717, 1.165) is 18.4 Å². The Morgan fingerprint density at radius 3 is 2.50 bits per heavy atom. The van der Waals surface area contributed by atoms with Gasteiger partial charge in [-0.3, -0.25) is 4.79 Å². The molecule has 0 saturated heterocycles. The van der Waals surface area contributed by atoms with Gasteiger partial charge in [0.05, 0.1) is 16.6 Å². The first-order chi connectivity index (χ1) is 10.6. The molecule has 0 radical (unpaired) electrons. The molecule has 3 rings (SSSR count). The van der Waals surface area contributed by atoms with Crippen LogP contribution in [-0.2, 0) is 0 Å². The molecular formula is C16H9F2NO3. The quantitative estimate of drug-likeness (QED) is 0.790. The molecule has 4 nitrogen and oxygen atoms in total. The summed E-state index contributed by atoms with van der Waals surface area (Å²) in [4.78, 5) is 23.8. The Labute approximate surface area is 123 Å². The van der Waals surface area contributed by atoms with Crippen molar-refractivity contribution >= 4 is 22.4 Å². The molecule has 0 atom stereocenters. The molecule has 1 N–H and O–H groups in total. The summed E-state index contributed by atoms with van der Waals surface area (Å²) in [5.41, 5.74) is -0.652. The van der Waals surface area contributed by atoms with Crippen molar-refractivity contribution in [2.45, 2.75) is 0 Å². The standard InChI is InChI=1S/C16H9F2NO3/c17-9-5-6-14(13(18)7-9)19-15(20)12-8-22-16(21)11-4-2-1-3-10(11)12/h1-8H,(H,19,20). The second-order valence-electron chi connectivity index (χ2n) is 4.56. The summed E-state index contributed by atoms with van der Waals surface area (Å²) < 4.78 is 31.2. The molecular weight excluding hydrogens is 292 g/mol. The predicted octanol–water partition coefficient (Wildman–Crippen LogP) is 3.32. The highest BCUT2D eigenvalue weighted by Gasteiger charge is 2.15. The SMILES string of the molecule is O=C(Nc1ccc(F)cc1F)c1coc(=O)c2ccccc12. The maximum absolute atomic E-state index is 13.6. The third-order valence-electron chi connectivity index (χ3n) is 3.14. The summed E-state index contributed by atoms with van der Waals surface area (Å²) in [6, 6.07) is 9.22. The lowest BCUT2D eigenvalue weighted by Crippen LogP contribution is -2.15. The van der Waals surface area contributed by atoms with Crippen LogP contribution in [0.3, 0.4) is 0 Å². The van der Waals surface area contributed by atoms with Gasteiger partial charge in [0.15, 0.2) is 0 Å². The van der Waals surface area contributed by atoms with E-state index in [4.69, 9.17) is 4.42 Å². The summed E-state index contributed by atoms with van der Waals surface area (Å²) >= 11 is 0. The number of amides is 1. The smallest absolute Gasteiger partial charge is 0.343 e. The Bertz CT molecular complexity index is 934. The lowest BCUT2D eigenvalue weighted by molar-refractivity contribution is 0.102. The molecule has 0 unspecified atom stereocenters. The number of hydrogen-bond acceptors (Lipinski definition) is 3. The molecule has 6 heteroatoms. The monoisotopic (exact) mass is 301 g/mol. The molecule has 0 spiro atoms. The van der Waals surface area contributed by atoms with Crippen LogP contribution in [0.2, 0.25) is 0 Å². The van der Waals surface area contributed by atoms with E-state index in [1.165, 1.54) is 6.07 Å². The number of halogens is 2. The van der Waals surface area contributed by atoms with Crippen molar-refractivity contribution < 1.29 is 18.0 Å². The third kappa shape index (κ3) is 2.46. The average Bonchev–Trinajstić information content (AvgIpc) is 2.50. The van der Waals surface area contributed by atoms with E-state index >= 15 is 0 Å². The van der Waals surface area contributed by atoms with Gasteiger partial charge in [0.25, 0.3) is 5.91 Å². The number of hydrogen-bond donors (Lipinski definition) is 1. The van der Waals surface area contributed by atoms with E-state index in [1.807, 2.05) is 0 Å². The van der Waals surface area contributed by atoms with Crippen molar-refractivity contribution in [1.29, 1.82) is 0 Å².